The molecule has 4 heteroatoms. The lowest BCUT2D eigenvalue weighted by atomic mass is 10.2. The van der Waals surface area contributed by atoms with E-state index in [2.05, 4.69) is 9.97 Å². The fourth-order valence-corrected chi connectivity index (χ4v) is 1.98. The van der Waals surface area contributed by atoms with E-state index < -0.39 is 5.97 Å². The van der Waals surface area contributed by atoms with E-state index in [9.17, 15) is 4.79 Å². The van der Waals surface area contributed by atoms with Crippen molar-refractivity contribution in [3.05, 3.63) is 48.2 Å². The number of fused-ring (bicyclic) bond motifs is 1. The molecule has 0 fully saturated rings. The van der Waals surface area contributed by atoms with Crippen molar-refractivity contribution in [1.82, 2.24) is 9.97 Å². The molecule has 0 radical (unpaired) electrons. The average Bonchev–Trinajstić information content (AvgIpc) is 2.95. The lowest BCUT2D eigenvalue weighted by Crippen LogP contribution is -1.96. The number of carboxylic acids is 1. The fourth-order valence-electron chi connectivity index (χ4n) is 1.98. The number of para-hydroxylation sites is 1. The summed E-state index contributed by atoms with van der Waals surface area (Å²) in [6.45, 7) is 0. The summed E-state index contributed by atoms with van der Waals surface area (Å²) in [5.74, 6) is -0.931. The summed E-state index contributed by atoms with van der Waals surface area (Å²) in [6.07, 6.45) is 1.63. The molecule has 0 aliphatic carbocycles. The summed E-state index contributed by atoms with van der Waals surface area (Å²) < 4.78 is 0. The van der Waals surface area contributed by atoms with Gasteiger partial charge in [-0.25, -0.2) is 4.79 Å². The second-order valence-corrected chi connectivity index (χ2v) is 3.84. The van der Waals surface area contributed by atoms with Crippen LogP contribution in [0.3, 0.4) is 0 Å². The molecule has 0 bridgehead atoms. The van der Waals surface area contributed by atoms with Gasteiger partial charge in [-0.05, 0) is 18.2 Å². The summed E-state index contributed by atoms with van der Waals surface area (Å²) >= 11 is 0. The Kier molecular flexibility index (Phi) is 2.01. The van der Waals surface area contributed by atoms with Gasteiger partial charge in [-0.15, -0.1) is 0 Å². The topological polar surface area (TPSA) is 68.9 Å². The van der Waals surface area contributed by atoms with Crippen molar-refractivity contribution < 1.29 is 9.90 Å². The van der Waals surface area contributed by atoms with Gasteiger partial charge in [0.15, 0.2) is 0 Å². The van der Waals surface area contributed by atoms with Crippen molar-refractivity contribution in [3.63, 3.8) is 0 Å². The van der Waals surface area contributed by atoms with Crippen LogP contribution in [0.25, 0.3) is 22.3 Å². The van der Waals surface area contributed by atoms with Gasteiger partial charge in [0, 0.05) is 17.1 Å². The Morgan fingerprint density at radius 1 is 1.18 bits per heavy atom. The first-order valence-electron chi connectivity index (χ1n) is 5.24. The number of nitrogens with one attached hydrogen (secondary N) is 2. The van der Waals surface area contributed by atoms with Crippen molar-refractivity contribution in [3.8, 4) is 11.4 Å². The van der Waals surface area contributed by atoms with Gasteiger partial charge in [0.2, 0.25) is 0 Å². The van der Waals surface area contributed by atoms with Crippen LogP contribution in [0, 0.1) is 0 Å². The zero-order valence-electron chi connectivity index (χ0n) is 8.90. The molecular formula is C13H10N2O2. The van der Waals surface area contributed by atoms with E-state index >= 15 is 0 Å². The normalized spacial score (nSPS) is 10.8. The molecule has 0 aliphatic heterocycles. The Balaban J connectivity index is 2.20. The summed E-state index contributed by atoms with van der Waals surface area (Å²) in [5.41, 5.74) is 2.66. The molecule has 3 aromatic rings. The van der Waals surface area contributed by atoms with Crippen molar-refractivity contribution >= 4 is 16.9 Å². The molecule has 4 nitrogen and oxygen atoms in total. The van der Waals surface area contributed by atoms with Gasteiger partial charge in [-0.1, -0.05) is 18.2 Å². The van der Waals surface area contributed by atoms with E-state index in [1.807, 2.05) is 30.3 Å². The van der Waals surface area contributed by atoms with Gasteiger partial charge in [-0.3, -0.25) is 0 Å². The lowest BCUT2D eigenvalue weighted by Gasteiger charge is -1.96. The molecule has 84 valence electrons. The molecule has 2 heterocycles. The third-order valence-electron chi connectivity index (χ3n) is 2.78. The number of rotatable bonds is 2. The van der Waals surface area contributed by atoms with E-state index in [1.54, 1.807) is 12.3 Å². The minimum Gasteiger partial charge on any atom is -0.478 e. The number of carboxylic acid groups (broad SMARTS) is 1. The predicted molar refractivity (Wildman–Crippen MR) is 65.0 cm³/mol. The third kappa shape index (κ3) is 1.50. The Bertz CT molecular complexity index is 661. The molecule has 0 amide bonds. The lowest BCUT2D eigenvalue weighted by molar-refractivity contribution is 0.0698. The molecule has 1 aromatic carbocycles. The maximum Gasteiger partial charge on any atom is 0.337 e. The maximum absolute atomic E-state index is 11.0. The zero-order chi connectivity index (χ0) is 11.8. The third-order valence-corrected chi connectivity index (χ3v) is 2.78. The highest BCUT2D eigenvalue weighted by atomic mass is 16.4. The molecule has 0 saturated heterocycles. The van der Waals surface area contributed by atoms with Gasteiger partial charge >= 0.3 is 5.97 Å². The zero-order valence-corrected chi connectivity index (χ0v) is 8.90. The number of carbonyl (C=O) groups is 1. The molecule has 0 unspecified atom stereocenters. The highest BCUT2D eigenvalue weighted by Gasteiger charge is 2.14. The number of hydrogen-bond acceptors (Lipinski definition) is 1. The smallest absolute Gasteiger partial charge is 0.337 e. The molecule has 0 atom stereocenters. The van der Waals surface area contributed by atoms with Crippen LogP contribution in [0.5, 0.6) is 0 Å². The van der Waals surface area contributed by atoms with E-state index in [4.69, 9.17) is 5.11 Å². The van der Waals surface area contributed by atoms with Crippen LogP contribution in [0.1, 0.15) is 10.4 Å². The van der Waals surface area contributed by atoms with Crippen molar-refractivity contribution in [2.24, 2.45) is 0 Å². The van der Waals surface area contributed by atoms with Crippen molar-refractivity contribution in [2.75, 3.05) is 0 Å². The largest absolute Gasteiger partial charge is 0.478 e. The van der Waals surface area contributed by atoms with Crippen LogP contribution < -0.4 is 0 Å². The SMILES string of the molecule is O=C(O)c1cc[nH]c1-c1cc2ccccc2[nH]1. The summed E-state index contributed by atoms with van der Waals surface area (Å²) in [7, 11) is 0. The van der Waals surface area contributed by atoms with Gasteiger partial charge < -0.3 is 15.1 Å². The summed E-state index contributed by atoms with van der Waals surface area (Å²) in [6, 6.07) is 11.3. The minimum atomic E-state index is -0.931. The monoisotopic (exact) mass is 226 g/mol. The number of hydrogen-bond donors (Lipinski definition) is 3. The van der Waals surface area contributed by atoms with E-state index in [0.717, 1.165) is 16.6 Å². The Hall–Kier alpha value is -2.49. The van der Waals surface area contributed by atoms with Gasteiger partial charge in [0.25, 0.3) is 0 Å². The Labute approximate surface area is 96.9 Å². The second kappa shape index (κ2) is 3.52. The quantitative estimate of drug-likeness (QED) is 0.628. The van der Waals surface area contributed by atoms with Crippen LogP contribution in [0.15, 0.2) is 42.6 Å². The molecule has 2 aromatic heterocycles. The molecule has 0 aliphatic rings. The first-order valence-corrected chi connectivity index (χ1v) is 5.24. The van der Waals surface area contributed by atoms with Gasteiger partial charge in [0.1, 0.15) is 0 Å². The standard InChI is InChI=1S/C13H10N2O2/c16-13(17)9-5-6-14-12(9)11-7-8-3-1-2-4-10(8)15-11/h1-7,14-15H,(H,16,17). The van der Waals surface area contributed by atoms with Gasteiger partial charge in [-0.2, -0.15) is 0 Å². The molecule has 3 N–H and O–H groups in total. The molecule has 0 spiro atoms. The Morgan fingerprint density at radius 2 is 2.00 bits per heavy atom. The number of H-pyrrole nitrogens is 2. The molecule has 0 saturated carbocycles. The van der Waals surface area contributed by atoms with Crippen LogP contribution in [0.2, 0.25) is 0 Å². The molecular weight excluding hydrogens is 216 g/mol. The maximum atomic E-state index is 11.0. The summed E-state index contributed by atoms with van der Waals surface area (Å²) in [4.78, 5) is 17.2. The fraction of sp³-hybridized carbons (Fsp3) is 0. The second-order valence-electron chi connectivity index (χ2n) is 3.84. The first kappa shape index (κ1) is 9.72. The van der Waals surface area contributed by atoms with Crippen LogP contribution in [-0.4, -0.2) is 21.0 Å². The van der Waals surface area contributed by atoms with E-state index in [0.29, 0.717) is 5.69 Å². The van der Waals surface area contributed by atoms with Crippen LogP contribution >= 0.6 is 0 Å². The highest BCUT2D eigenvalue weighted by molar-refractivity contribution is 5.96. The van der Waals surface area contributed by atoms with E-state index in [1.165, 1.54) is 0 Å². The van der Waals surface area contributed by atoms with Crippen molar-refractivity contribution in [1.29, 1.82) is 0 Å². The minimum absolute atomic E-state index is 0.275. The van der Waals surface area contributed by atoms with Gasteiger partial charge in [0.05, 0.1) is 17.0 Å². The molecule has 17 heavy (non-hydrogen) atoms. The van der Waals surface area contributed by atoms with Crippen molar-refractivity contribution in [2.45, 2.75) is 0 Å². The molecule has 3 rings (SSSR count). The highest BCUT2D eigenvalue weighted by Crippen LogP contribution is 2.25. The first-order chi connectivity index (χ1) is 8.25. The number of aromatic carboxylic acids is 1. The number of benzene rings is 1. The van der Waals surface area contributed by atoms with E-state index in [-0.39, 0.29) is 5.56 Å². The predicted octanol–water partition coefficient (Wildman–Crippen LogP) is 2.86. The van der Waals surface area contributed by atoms with Crippen LogP contribution in [0.4, 0.5) is 0 Å². The summed E-state index contributed by atoms with van der Waals surface area (Å²) in [5, 5.41) is 10.1. The van der Waals surface area contributed by atoms with Crippen LogP contribution in [-0.2, 0) is 0 Å². The number of aromatic amines is 2. The average molecular weight is 226 g/mol. The number of aromatic nitrogens is 2. The Morgan fingerprint density at radius 3 is 2.76 bits per heavy atom.